The van der Waals surface area contributed by atoms with E-state index in [1.54, 1.807) is 0 Å². The fourth-order valence-electron chi connectivity index (χ4n) is 5.37. The minimum Gasteiger partial charge on any atom is -0.390 e. The second-order valence-electron chi connectivity index (χ2n) is 10.5. The maximum absolute atomic E-state index is 13.5. The van der Waals surface area contributed by atoms with Crippen LogP contribution >= 0.6 is 0 Å². The number of carbonyl (C=O) groups excluding carboxylic acids is 1. The van der Waals surface area contributed by atoms with Crippen LogP contribution < -0.4 is 10.5 Å². The van der Waals surface area contributed by atoms with Crippen molar-refractivity contribution in [1.82, 2.24) is 23.7 Å². The number of carbonyl (C=O) groups is 1. The summed E-state index contributed by atoms with van der Waals surface area (Å²) in [5.41, 5.74) is 4.79. The number of benzene rings is 1. The van der Waals surface area contributed by atoms with Crippen molar-refractivity contribution in [3.8, 4) is 11.3 Å². The van der Waals surface area contributed by atoms with Crippen LogP contribution in [0.4, 0.5) is 13.2 Å². The van der Waals surface area contributed by atoms with E-state index in [1.807, 2.05) is 4.90 Å². The minimum absolute atomic E-state index is 0.0338. The molecule has 0 spiro atoms. The first-order valence-corrected chi connectivity index (χ1v) is 16.6. The number of aliphatic hydroxyl groups excluding tert-OH is 1. The van der Waals surface area contributed by atoms with E-state index in [0.29, 0.717) is 37.2 Å². The number of primary amides is 1. The monoisotopic (exact) mass is 622 g/mol. The summed E-state index contributed by atoms with van der Waals surface area (Å²) in [7, 11) is -6.91. The minimum atomic E-state index is -4.81. The van der Waals surface area contributed by atoms with Gasteiger partial charge in [0.2, 0.25) is 26.0 Å². The van der Waals surface area contributed by atoms with Crippen LogP contribution in [0.5, 0.6) is 0 Å². The van der Waals surface area contributed by atoms with E-state index < -0.39 is 49.4 Å². The van der Waals surface area contributed by atoms with Crippen LogP contribution in [0.2, 0.25) is 0 Å². The summed E-state index contributed by atoms with van der Waals surface area (Å²) in [6, 6.07) is 2.73. The highest BCUT2D eigenvalue weighted by atomic mass is 32.2. The van der Waals surface area contributed by atoms with Crippen molar-refractivity contribution >= 4 is 26.0 Å². The summed E-state index contributed by atoms with van der Waals surface area (Å²) in [5, 5.41) is 15.5. The molecule has 1 saturated heterocycles. The van der Waals surface area contributed by atoms with Crippen molar-refractivity contribution < 1.29 is 39.9 Å². The van der Waals surface area contributed by atoms with Gasteiger partial charge in [0.1, 0.15) is 0 Å². The lowest BCUT2D eigenvalue weighted by Gasteiger charge is -2.33. The average molecular weight is 623 g/mol. The molecule has 4 N–H and O–H groups in total. The summed E-state index contributed by atoms with van der Waals surface area (Å²) in [6.45, 7) is 1.53. The first kappa shape index (κ1) is 31.4. The van der Waals surface area contributed by atoms with Gasteiger partial charge in [-0.15, -0.1) is 0 Å². The Bertz CT molecular complexity index is 1520. The molecule has 0 aliphatic carbocycles. The Morgan fingerprint density at radius 1 is 1.15 bits per heavy atom. The van der Waals surface area contributed by atoms with Crippen LogP contribution in [0.1, 0.15) is 40.0 Å². The van der Waals surface area contributed by atoms with Crippen molar-refractivity contribution in [2.24, 2.45) is 5.73 Å². The number of fused-ring (bicyclic) bond motifs is 1. The van der Waals surface area contributed by atoms with Gasteiger partial charge in [0.15, 0.2) is 0 Å². The second kappa shape index (κ2) is 11.6. The van der Waals surface area contributed by atoms with Crippen LogP contribution in [0, 0.1) is 0 Å². The first-order chi connectivity index (χ1) is 18.9. The predicted molar refractivity (Wildman–Crippen MR) is 144 cm³/mol. The lowest BCUT2D eigenvalue weighted by molar-refractivity contribution is -0.137. The van der Waals surface area contributed by atoms with Crippen LogP contribution in [0.3, 0.4) is 0 Å². The van der Waals surface area contributed by atoms with E-state index in [0.717, 1.165) is 30.7 Å². The highest BCUT2D eigenvalue weighted by molar-refractivity contribution is 7.88. The molecule has 12 nitrogen and oxygen atoms in total. The van der Waals surface area contributed by atoms with Gasteiger partial charge < -0.3 is 15.7 Å². The van der Waals surface area contributed by atoms with E-state index in [9.17, 15) is 39.9 Å². The molecule has 41 heavy (non-hydrogen) atoms. The van der Waals surface area contributed by atoms with Crippen molar-refractivity contribution in [2.45, 2.75) is 50.7 Å². The van der Waals surface area contributed by atoms with Crippen LogP contribution in [0.25, 0.3) is 11.3 Å². The molecule has 2 aliphatic rings. The molecule has 1 atom stereocenters. The largest absolute Gasteiger partial charge is 0.417 e. The van der Waals surface area contributed by atoms with E-state index in [4.69, 9.17) is 5.73 Å². The third kappa shape index (κ3) is 7.64. The van der Waals surface area contributed by atoms with Crippen LogP contribution in [-0.4, -0.2) is 97.7 Å². The number of halogens is 3. The zero-order valence-electron chi connectivity index (χ0n) is 22.6. The molecular formula is C24H33F3N6O6S2. The van der Waals surface area contributed by atoms with Gasteiger partial charge in [-0.1, -0.05) is 6.07 Å². The molecule has 2 aromatic rings. The Kier molecular flexibility index (Phi) is 8.88. The third-order valence-corrected chi connectivity index (χ3v) is 9.26. The highest BCUT2D eigenvalue weighted by Gasteiger charge is 2.36. The average Bonchev–Trinajstić information content (AvgIpc) is 3.20. The van der Waals surface area contributed by atoms with Gasteiger partial charge in [-0.2, -0.15) is 22.6 Å². The molecule has 228 valence electrons. The number of β-amino-alcohol motifs (C(OH)–C–C–N with tert-alkyl or cyclic N) is 1. The number of piperidine rings is 1. The van der Waals surface area contributed by atoms with Gasteiger partial charge in [-0.05, 0) is 38.1 Å². The van der Waals surface area contributed by atoms with Gasteiger partial charge in [0.05, 0.1) is 42.0 Å². The van der Waals surface area contributed by atoms with Gasteiger partial charge in [-0.25, -0.2) is 21.6 Å². The Balaban J connectivity index is 1.60. The summed E-state index contributed by atoms with van der Waals surface area (Å²) in [5.74, 6) is -1.27. The molecule has 0 radical (unpaired) electrons. The van der Waals surface area contributed by atoms with E-state index in [2.05, 4.69) is 9.82 Å². The lowest BCUT2D eigenvalue weighted by Crippen LogP contribution is -2.46. The van der Waals surface area contributed by atoms with Crippen LogP contribution in [-0.2, 0) is 45.7 Å². The van der Waals surface area contributed by atoms with Crippen molar-refractivity contribution in [2.75, 3.05) is 38.7 Å². The smallest absolute Gasteiger partial charge is 0.390 e. The molecule has 17 heteroatoms. The Hall–Kier alpha value is -2.57. The number of nitrogens with one attached hydrogen (secondary N) is 1. The number of aromatic nitrogens is 2. The van der Waals surface area contributed by atoms with Gasteiger partial charge in [0.25, 0.3) is 0 Å². The van der Waals surface area contributed by atoms with E-state index in [1.165, 1.54) is 8.99 Å². The summed E-state index contributed by atoms with van der Waals surface area (Å²) in [4.78, 5) is 13.9. The van der Waals surface area contributed by atoms with Gasteiger partial charge in [-0.3, -0.25) is 9.48 Å². The lowest BCUT2D eigenvalue weighted by atomic mass is 9.97. The van der Waals surface area contributed by atoms with Crippen molar-refractivity contribution in [1.29, 1.82) is 0 Å². The maximum Gasteiger partial charge on any atom is 0.417 e. The number of sulfonamides is 2. The van der Waals surface area contributed by atoms with E-state index >= 15 is 0 Å². The maximum atomic E-state index is 13.5. The molecule has 1 aromatic carbocycles. The predicted octanol–water partition coefficient (Wildman–Crippen LogP) is 0.360. The summed E-state index contributed by atoms with van der Waals surface area (Å²) >= 11 is 0. The number of hydrogen-bond acceptors (Lipinski definition) is 8. The highest BCUT2D eigenvalue weighted by Crippen LogP contribution is 2.36. The number of nitrogens with zero attached hydrogens (tertiary/aromatic N) is 4. The SMILES string of the molecule is CS(=O)(=O)NC1CCN(CC(O)Cn2nc(-c3ccc(C(F)(F)F)c(C(N)=O)c3)c3c2CCN(S(C)(=O)=O)C3)CC1. The number of alkyl halides is 3. The quantitative estimate of drug-likeness (QED) is 0.360. The molecular weight excluding hydrogens is 589 g/mol. The number of aliphatic hydroxyl groups is 1. The van der Waals surface area contributed by atoms with Crippen LogP contribution in [0.15, 0.2) is 18.2 Å². The molecule has 4 rings (SSSR count). The summed E-state index contributed by atoms with van der Waals surface area (Å²) in [6.07, 6.45) is -2.12. The molecule has 1 amide bonds. The second-order valence-corrected chi connectivity index (χ2v) is 14.3. The fraction of sp³-hybridized carbons (Fsp3) is 0.583. The topological polar surface area (TPSA) is 168 Å². The number of likely N-dealkylation sites (tertiary alicyclic amines) is 1. The fourth-order valence-corrected chi connectivity index (χ4v) is 6.99. The third-order valence-electron chi connectivity index (χ3n) is 7.25. The zero-order valence-corrected chi connectivity index (χ0v) is 24.2. The Morgan fingerprint density at radius 3 is 2.37 bits per heavy atom. The molecule has 0 saturated carbocycles. The van der Waals surface area contributed by atoms with Gasteiger partial charge >= 0.3 is 6.18 Å². The van der Waals surface area contributed by atoms with Crippen molar-refractivity contribution in [3.05, 3.63) is 40.6 Å². The number of amides is 1. The zero-order chi connectivity index (χ0) is 30.3. The number of hydrogen-bond donors (Lipinski definition) is 3. The molecule has 2 aliphatic heterocycles. The molecule has 3 heterocycles. The van der Waals surface area contributed by atoms with E-state index in [-0.39, 0.29) is 49.9 Å². The summed E-state index contributed by atoms with van der Waals surface area (Å²) < 4.78 is 93.3. The molecule has 0 bridgehead atoms. The molecule has 1 aromatic heterocycles. The number of nitrogens with two attached hydrogens (primary N) is 1. The standard InChI is InChI=1S/C24H33F3N6O6S2/c1-40(36,37)30-16-5-8-31(9-6-16)12-17(34)13-33-21-7-10-32(41(2,38)39)14-19(21)22(29-33)15-3-4-20(24(25,26)27)18(11-15)23(28)35/h3-4,11,16-17,30,34H,5-10,12-14H2,1-2H3,(H2,28,35). The van der Waals surface area contributed by atoms with Gasteiger partial charge in [0, 0.05) is 48.9 Å². The number of rotatable bonds is 9. The Morgan fingerprint density at radius 2 is 1.80 bits per heavy atom. The van der Waals surface area contributed by atoms with Crippen molar-refractivity contribution in [3.63, 3.8) is 0 Å². The first-order valence-electron chi connectivity index (χ1n) is 12.8. The normalized spacial score (nSPS) is 18.8. The Labute approximate surface area is 236 Å². The molecule has 1 fully saturated rings. The molecule has 1 unspecified atom stereocenters.